The lowest BCUT2D eigenvalue weighted by Crippen LogP contribution is -2.51. The van der Waals surface area contributed by atoms with E-state index in [1.807, 2.05) is 6.92 Å². The van der Waals surface area contributed by atoms with Crippen molar-refractivity contribution >= 4 is 39.2 Å². The summed E-state index contributed by atoms with van der Waals surface area (Å²) in [6.45, 7) is 1.46. The zero-order valence-electron chi connectivity index (χ0n) is 45.9. The number of hydrogen-bond acceptors (Lipinski definition) is 18. The van der Waals surface area contributed by atoms with E-state index in [0.717, 1.165) is 75.2 Å². The number of rotatable bonds is 26. The molecule has 0 spiro atoms. The minimum Gasteiger partial charge on any atom is -0.462 e. The summed E-state index contributed by atoms with van der Waals surface area (Å²) >= 11 is 0. The van der Waals surface area contributed by atoms with E-state index >= 15 is 0 Å². The molecular weight excluding hydrogens is 1050 g/mol. The van der Waals surface area contributed by atoms with Crippen LogP contribution >= 0.6 is 15.6 Å². The average Bonchev–Trinajstić information content (AvgIpc) is 3.41. The number of fused-ring (bicyclic) bond motifs is 3. The molecule has 2 unspecified atom stereocenters. The number of cyclic esters (lactones) is 1. The molecule has 0 aliphatic carbocycles. The fraction of sp³-hybridized carbons (Fsp3) is 0.727. The molecule has 2 saturated heterocycles. The van der Waals surface area contributed by atoms with Crippen LogP contribution in [0.4, 0.5) is 5.82 Å². The summed E-state index contributed by atoms with van der Waals surface area (Å²) in [5, 5.41) is 45.8. The standard InChI is InChI=1S/C55H91N3O18P2/c1-3-5-7-8-9-10-11-12-13-14-15-16-17-18-19-20-21-22-23-29-33-51(63)74-43-39-71-50(62)32-28-25-24-27-31-45-47(61)38-46(60)44(35-34-42(59)30-26-6-4-2)52(64)53(65)48(41-73-78(69,70)76-77(67,68)72-40-43)75-54(45)58-37-36-49(56)57-55(58)66/h10-11,13-14,16-17,34-37,42-45,47-48,52-54,59,61,64-65H,3-9,12,15,18-33,38-41H2,1-2H3,(H,67,68)(H,69,70)(H2,56,57,66)/b11-10-,14-13-,17-16-,35-34+/t42-,43+,44-,45-,47-,48+,52-,53+,54+/m0/s1. The number of carbonyl (C=O) groups excluding carboxylic acids is 3. The molecule has 8 N–H and O–H groups in total. The van der Waals surface area contributed by atoms with E-state index in [0.29, 0.717) is 44.9 Å². The second-order valence-corrected chi connectivity index (χ2v) is 23.3. The molecule has 1 aromatic heterocycles. The summed E-state index contributed by atoms with van der Waals surface area (Å²) in [4.78, 5) is 78.4. The van der Waals surface area contributed by atoms with E-state index in [4.69, 9.17) is 29.0 Å². The van der Waals surface area contributed by atoms with E-state index in [-0.39, 0.29) is 25.1 Å². The first-order chi connectivity index (χ1) is 37.4. The van der Waals surface area contributed by atoms with Crippen molar-refractivity contribution < 1.29 is 81.3 Å². The Hall–Kier alpha value is -3.69. The number of anilines is 1. The first-order valence-corrected chi connectivity index (χ1v) is 31.2. The van der Waals surface area contributed by atoms with Crippen LogP contribution in [0, 0.1) is 11.8 Å². The number of aliphatic hydroxyl groups is 4. The van der Waals surface area contributed by atoms with Crippen molar-refractivity contribution in [2.45, 2.75) is 224 Å². The highest BCUT2D eigenvalue weighted by atomic mass is 31.3. The van der Waals surface area contributed by atoms with Gasteiger partial charge in [0.1, 0.15) is 36.6 Å². The number of carbonyl (C=O) groups is 3. The van der Waals surface area contributed by atoms with E-state index < -0.39 is 120 Å². The Morgan fingerprint density at radius 3 is 2.06 bits per heavy atom. The van der Waals surface area contributed by atoms with Gasteiger partial charge in [0.25, 0.3) is 0 Å². The summed E-state index contributed by atoms with van der Waals surface area (Å²) in [6, 6.07) is 1.24. The zero-order valence-corrected chi connectivity index (χ0v) is 47.7. The first-order valence-electron chi connectivity index (χ1n) is 28.3. The number of aliphatic hydroxyl groups excluding tert-OH is 4. The van der Waals surface area contributed by atoms with Gasteiger partial charge in [0.05, 0.1) is 37.4 Å². The lowest BCUT2D eigenvalue weighted by atomic mass is 9.83. The molecule has 3 rings (SSSR count). The van der Waals surface area contributed by atoms with Crippen LogP contribution in [0.2, 0.25) is 0 Å². The van der Waals surface area contributed by atoms with E-state index in [2.05, 4.69) is 52.7 Å². The summed E-state index contributed by atoms with van der Waals surface area (Å²) in [7, 11) is -11.3. The van der Waals surface area contributed by atoms with Crippen LogP contribution in [0.5, 0.6) is 0 Å². The number of nitrogens with two attached hydrogens (primary N) is 1. The van der Waals surface area contributed by atoms with Gasteiger partial charge in [-0.1, -0.05) is 146 Å². The van der Waals surface area contributed by atoms with Gasteiger partial charge in [-0.15, -0.1) is 0 Å². The molecule has 0 saturated carbocycles. The number of nitrogens with zero attached hydrogens (tertiary/aromatic N) is 2. The highest BCUT2D eigenvalue weighted by molar-refractivity contribution is 7.61. The normalized spacial score (nSPS) is 28.5. The van der Waals surface area contributed by atoms with Crippen LogP contribution in [-0.4, -0.2) is 114 Å². The molecular formula is C55H91N3O18P2. The Balaban J connectivity index is 1.70. The molecule has 3 heterocycles. The molecule has 1 aromatic rings. The minimum atomic E-state index is -5.72. The number of ketones is 1. The molecule has 2 bridgehead atoms. The van der Waals surface area contributed by atoms with Crippen LogP contribution in [-0.2, 0) is 51.1 Å². The summed E-state index contributed by atoms with van der Waals surface area (Å²) < 4.78 is 59.2. The molecule has 0 aromatic carbocycles. The zero-order chi connectivity index (χ0) is 57.2. The topological polar surface area (TPSA) is 323 Å². The number of esters is 2. The molecule has 444 valence electrons. The van der Waals surface area contributed by atoms with Crippen LogP contribution in [0.1, 0.15) is 187 Å². The Labute approximate surface area is 460 Å². The quantitative estimate of drug-likeness (QED) is 0.0197. The molecule has 11 atom stereocenters. The Morgan fingerprint density at radius 2 is 1.40 bits per heavy atom. The van der Waals surface area contributed by atoms with E-state index in [1.54, 1.807) is 0 Å². The van der Waals surface area contributed by atoms with Gasteiger partial charge in [-0.05, 0) is 70.3 Å². The first kappa shape index (κ1) is 68.6. The maximum absolute atomic E-state index is 14.0. The molecule has 2 aliphatic heterocycles. The van der Waals surface area contributed by atoms with Gasteiger partial charge in [-0.3, -0.25) is 28.0 Å². The molecule has 23 heteroatoms. The number of nitrogen functional groups attached to an aromatic ring is 1. The van der Waals surface area contributed by atoms with Crippen LogP contribution < -0.4 is 11.4 Å². The van der Waals surface area contributed by atoms with Crippen molar-refractivity contribution in [2.75, 3.05) is 25.6 Å². The number of Topliss-reactive ketones (excluding diaryl/α,β-unsaturated/α-hetero) is 1. The summed E-state index contributed by atoms with van der Waals surface area (Å²) in [5.74, 6) is -5.07. The van der Waals surface area contributed by atoms with Crippen LogP contribution in [0.3, 0.4) is 0 Å². The maximum atomic E-state index is 14.0. The smallest absolute Gasteiger partial charge is 0.462 e. The van der Waals surface area contributed by atoms with Crippen molar-refractivity contribution in [1.82, 2.24) is 9.55 Å². The van der Waals surface area contributed by atoms with Gasteiger partial charge in [-0.25, -0.2) is 13.9 Å². The third kappa shape index (κ3) is 28.6. The maximum Gasteiger partial charge on any atom is 0.481 e. The van der Waals surface area contributed by atoms with E-state index in [9.17, 15) is 58.5 Å². The third-order valence-corrected chi connectivity index (χ3v) is 16.1. The lowest BCUT2D eigenvalue weighted by Gasteiger charge is -2.39. The number of ether oxygens (including phenoxy) is 3. The number of allylic oxidation sites excluding steroid dienone is 6. The van der Waals surface area contributed by atoms with Crippen molar-refractivity contribution in [3.05, 3.63) is 71.4 Å². The van der Waals surface area contributed by atoms with Gasteiger partial charge in [-0.2, -0.15) is 9.29 Å². The Kier molecular flexibility index (Phi) is 34.2. The highest BCUT2D eigenvalue weighted by Gasteiger charge is 2.45. The fourth-order valence-corrected chi connectivity index (χ4v) is 11.2. The van der Waals surface area contributed by atoms with Crippen LogP contribution in [0.15, 0.2) is 65.7 Å². The molecule has 78 heavy (non-hydrogen) atoms. The Bertz CT molecular complexity index is 2170. The SMILES string of the molecule is CCCCCC/C=C\C/C=C\C/C=C\CCCCCCCCC(=O)O[C@@H]1COC(=O)CCCCCC[C@@H]2[C@H](n3ccc(N)nc3=O)O[C@H](COP(=O)(O)OP(=O)(O)OC1)[C@@H](O)[C@@H](O)[C@@H](/C=C/[C@@H](O)CCCCC)C(=O)C[C@@H]2O. The van der Waals surface area contributed by atoms with Crippen LogP contribution in [0.25, 0.3) is 0 Å². The van der Waals surface area contributed by atoms with Gasteiger partial charge < -0.3 is 50.2 Å². The molecule has 2 fully saturated rings. The van der Waals surface area contributed by atoms with Gasteiger partial charge in [0.15, 0.2) is 6.10 Å². The second kappa shape index (κ2) is 38.9. The number of phosphoric ester groups is 2. The third-order valence-electron chi connectivity index (χ3n) is 13.5. The predicted octanol–water partition coefficient (Wildman–Crippen LogP) is 9.09. The lowest BCUT2D eigenvalue weighted by molar-refractivity contribution is -0.188. The average molecular weight is 1140 g/mol. The second-order valence-electron chi connectivity index (χ2n) is 20.2. The number of aromatic nitrogens is 2. The molecule has 0 amide bonds. The van der Waals surface area contributed by atoms with Crippen molar-refractivity contribution in [3.63, 3.8) is 0 Å². The number of hydrogen-bond donors (Lipinski definition) is 7. The molecule has 2 aliphatic rings. The van der Waals surface area contributed by atoms with Gasteiger partial charge in [0, 0.05) is 31.4 Å². The predicted molar refractivity (Wildman–Crippen MR) is 294 cm³/mol. The van der Waals surface area contributed by atoms with Crippen molar-refractivity contribution in [3.8, 4) is 0 Å². The molecule has 0 radical (unpaired) electrons. The number of unbranched alkanes of at least 4 members (excludes halogenated alkanes) is 12. The highest BCUT2D eigenvalue weighted by Crippen LogP contribution is 2.60. The van der Waals surface area contributed by atoms with Crippen molar-refractivity contribution in [2.24, 2.45) is 11.8 Å². The largest absolute Gasteiger partial charge is 0.481 e. The fourth-order valence-electron chi connectivity index (χ4n) is 9.05. The van der Waals surface area contributed by atoms with Crippen molar-refractivity contribution in [1.29, 1.82) is 0 Å². The number of phosphoric acid groups is 2. The van der Waals surface area contributed by atoms with Gasteiger partial charge >= 0.3 is 33.3 Å². The van der Waals surface area contributed by atoms with Gasteiger partial charge in [0.2, 0.25) is 0 Å². The minimum absolute atomic E-state index is 0.0133. The summed E-state index contributed by atoms with van der Waals surface area (Å²) in [6.07, 6.45) is 22.9. The monoisotopic (exact) mass is 1140 g/mol. The molecule has 21 nitrogen and oxygen atoms in total. The van der Waals surface area contributed by atoms with E-state index in [1.165, 1.54) is 50.1 Å². The Morgan fingerprint density at radius 1 is 0.795 bits per heavy atom. The summed E-state index contributed by atoms with van der Waals surface area (Å²) in [5.41, 5.74) is 4.79.